The second-order valence-corrected chi connectivity index (χ2v) is 15.2. The Kier molecular flexibility index (Phi) is 17.8. The number of rotatable bonds is 24. The van der Waals surface area contributed by atoms with Crippen LogP contribution in [-0.2, 0) is 19.1 Å². The molecule has 3 aliphatic rings. The number of nitrogens with one attached hydrogen (secondary N) is 1. The predicted molar refractivity (Wildman–Crippen MR) is 228 cm³/mol. The number of unbranched alkanes of at least 4 members (excludes halogenated alkanes) is 2. The second-order valence-electron chi connectivity index (χ2n) is 15.2. The Morgan fingerprint density at radius 3 is 2.48 bits per heavy atom. The number of oxime groups is 1. The van der Waals surface area contributed by atoms with E-state index in [4.69, 9.17) is 28.9 Å². The molecule has 1 saturated carbocycles. The Balaban J connectivity index is 1.75. The third-order valence-corrected chi connectivity index (χ3v) is 11.4. The molecule has 0 bridgehead atoms. The lowest BCUT2D eigenvalue weighted by Crippen LogP contribution is -2.70. The largest absolute Gasteiger partial charge is 0.459 e. The standard InChI is InChI=1S/C45H60N4O12/c1-4-25-58-45-40(48(21-26-57-27-24-52)41(53)20-15-31-13-16-33(17-14-31)49(55)56)30-38(47-59-6-3)36-28-32(11-7-9-22-50)35(12-8-10-23-51)42(43(36)45)37-29-34(18-19-39(37)61-45)60-44(54)46-5-2/h4,13-20,28-29,32,35,40,42-43,50-52H,1,5-12,21-27,30H2,2-3H3,(H,46,54)/t32-,35+,40-,42+,43+,45+/m0/s1. The van der Waals surface area contributed by atoms with Crippen LogP contribution in [0, 0.1) is 27.9 Å². The lowest BCUT2D eigenvalue weighted by molar-refractivity contribution is -0.384. The van der Waals surface area contributed by atoms with E-state index in [-0.39, 0.29) is 82.7 Å². The fourth-order valence-corrected chi connectivity index (χ4v) is 8.86. The van der Waals surface area contributed by atoms with E-state index in [2.05, 4.69) is 18.0 Å². The number of ether oxygens (including phenoxy) is 4. The van der Waals surface area contributed by atoms with Gasteiger partial charge in [0.25, 0.3) is 5.69 Å². The first-order valence-electron chi connectivity index (χ1n) is 21.2. The van der Waals surface area contributed by atoms with Gasteiger partial charge >= 0.3 is 6.09 Å². The first-order chi connectivity index (χ1) is 29.7. The zero-order valence-electron chi connectivity index (χ0n) is 35.1. The van der Waals surface area contributed by atoms with Crippen molar-refractivity contribution >= 4 is 29.5 Å². The molecule has 0 spiro atoms. The van der Waals surface area contributed by atoms with Gasteiger partial charge < -0.3 is 49.3 Å². The number of nitro groups is 1. The quantitative estimate of drug-likeness (QED) is 0.0320. The number of non-ortho nitro benzene ring substituents is 1. The molecule has 16 heteroatoms. The van der Waals surface area contributed by atoms with Gasteiger partial charge in [-0.15, -0.1) is 6.58 Å². The van der Waals surface area contributed by atoms with Crippen LogP contribution in [0.2, 0.25) is 0 Å². The second kappa shape index (κ2) is 23.2. The lowest BCUT2D eigenvalue weighted by Gasteiger charge is -2.60. The summed E-state index contributed by atoms with van der Waals surface area (Å²) in [5, 5.41) is 47.9. The number of hydrogen-bond donors (Lipinski definition) is 4. The van der Waals surface area contributed by atoms with Crippen LogP contribution in [0.4, 0.5) is 10.5 Å². The number of fused-ring (bicyclic) bond motifs is 2. The van der Waals surface area contributed by atoms with E-state index in [0.717, 1.165) is 30.4 Å². The van der Waals surface area contributed by atoms with Crippen molar-refractivity contribution in [3.05, 3.63) is 94.1 Å². The molecule has 1 aliphatic heterocycles. The van der Waals surface area contributed by atoms with E-state index in [0.29, 0.717) is 48.6 Å². The third kappa shape index (κ3) is 11.4. The molecule has 0 saturated heterocycles. The normalized spacial score (nSPS) is 23.3. The number of nitrogens with zero attached hydrogens (tertiary/aromatic N) is 3. The number of aliphatic hydroxyl groups excluding tert-OH is 3. The topological polar surface area (TPSA) is 212 Å². The van der Waals surface area contributed by atoms with Crippen molar-refractivity contribution in [2.24, 2.45) is 22.9 Å². The molecule has 5 rings (SSSR count). The first kappa shape index (κ1) is 46.9. The maximum absolute atomic E-state index is 14.7. The molecular formula is C45H60N4O12. The monoisotopic (exact) mass is 848 g/mol. The predicted octanol–water partition coefficient (Wildman–Crippen LogP) is 5.91. The highest BCUT2D eigenvalue weighted by Crippen LogP contribution is 2.62. The van der Waals surface area contributed by atoms with Crippen LogP contribution >= 0.6 is 0 Å². The molecule has 1 heterocycles. The van der Waals surface area contributed by atoms with Gasteiger partial charge in [-0.1, -0.05) is 30.1 Å². The number of carbonyl (C=O) groups is 2. The van der Waals surface area contributed by atoms with Crippen molar-refractivity contribution in [2.45, 2.75) is 76.5 Å². The summed E-state index contributed by atoms with van der Waals surface area (Å²) in [6.07, 6.45) is 10.6. The van der Waals surface area contributed by atoms with E-state index >= 15 is 0 Å². The minimum atomic E-state index is -1.55. The average Bonchev–Trinajstić information content (AvgIpc) is 3.25. The molecule has 2 aromatic carbocycles. The van der Waals surface area contributed by atoms with Gasteiger partial charge in [0.2, 0.25) is 11.7 Å². The molecule has 2 aliphatic carbocycles. The Labute approximate surface area is 357 Å². The SMILES string of the molecule is C=CCO[C@@]12Oc3ccc(OC(=O)NCC)cc3[C@H]3[C@H](CCCCO)[C@@H](CCCCO)C=C(C(=NOCC)C[C@@H]1N(CCOCCO)C(=O)C=Cc1ccc([N+](=O)[O-])cc1)[C@H]32. The van der Waals surface area contributed by atoms with Gasteiger partial charge in [-0.05, 0) is 98.9 Å². The van der Waals surface area contributed by atoms with Crippen molar-refractivity contribution in [1.82, 2.24) is 10.2 Å². The van der Waals surface area contributed by atoms with Gasteiger partial charge in [0.05, 0.1) is 43.0 Å². The molecule has 4 N–H and O–H groups in total. The molecule has 1 fully saturated rings. The van der Waals surface area contributed by atoms with Crippen LogP contribution < -0.4 is 14.8 Å². The molecule has 2 amide bonds. The van der Waals surface area contributed by atoms with Crippen molar-refractivity contribution in [2.75, 3.05) is 59.3 Å². The average molecular weight is 849 g/mol. The Bertz CT molecular complexity index is 1880. The highest BCUT2D eigenvalue weighted by Gasteiger charge is 2.65. The summed E-state index contributed by atoms with van der Waals surface area (Å²) in [4.78, 5) is 45.6. The van der Waals surface area contributed by atoms with Crippen LogP contribution in [0.1, 0.15) is 75.8 Å². The fraction of sp³-hybridized carbons (Fsp3) is 0.533. The first-order valence-corrected chi connectivity index (χ1v) is 21.2. The highest BCUT2D eigenvalue weighted by atomic mass is 16.7. The molecule has 0 unspecified atom stereocenters. The number of aliphatic hydroxyl groups is 3. The molecule has 16 nitrogen and oxygen atoms in total. The van der Waals surface area contributed by atoms with Gasteiger partial charge in [0, 0.05) is 62.4 Å². The molecule has 0 aromatic heterocycles. The van der Waals surface area contributed by atoms with Crippen molar-refractivity contribution in [1.29, 1.82) is 0 Å². The molecule has 61 heavy (non-hydrogen) atoms. The summed E-state index contributed by atoms with van der Waals surface area (Å²) < 4.78 is 25.6. The van der Waals surface area contributed by atoms with E-state index in [1.165, 1.54) is 18.2 Å². The van der Waals surface area contributed by atoms with Gasteiger partial charge in [0.15, 0.2) is 0 Å². The molecule has 0 radical (unpaired) electrons. The van der Waals surface area contributed by atoms with E-state index in [9.17, 15) is 35.0 Å². The van der Waals surface area contributed by atoms with Crippen molar-refractivity contribution in [3.8, 4) is 11.5 Å². The Morgan fingerprint density at radius 1 is 1.05 bits per heavy atom. The van der Waals surface area contributed by atoms with Crippen LogP contribution in [0.5, 0.6) is 11.5 Å². The molecule has 2 aromatic rings. The lowest BCUT2D eigenvalue weighted by atomic mass is 9.55. The van der Waals surface area contributed by atoms with Gasteiger partial charge in [0.1, 0.15) is 24.1 Å². The van der Waals surface area contributed by atoms with Crippen molar-refractivity contribution < 1.29 is 53.6 Å². The smallest absolute Gasteiger partial charge is 0.412 e. The van der Waals surface area contributed by atoms with Gasteiger partial charge in [-0.3, -0.25) is 14.9 Å². The number of hydrogen-bond acceptors (Lipinski definition) is 13. The molecular weight excluding hydrogens is 789 g/mol. The number of amides is 2. The maximum atomic E-state index is 14.7. The number of carbonyl (C=O) groups excluding carboxylic acids is 2. The number of allylic oxidation sites excluding steroid dienone is 1. The van der Waals surface area contributed by atoms with E-state index in [1.54, 1.807) is 48.2 Å². The third-order valence-electron chi connectivity index (χ3n) is 11.4. The summed E-state index contributed by atoms with van der Waals surface area (Å²) in [5.41, 5.74) is 2.73. The summed E-state index contributed by atoms with van der Waals surface area (Å²) in [6, 6.07) is 10.2. The maximum Gasteiger partial charge on any atom is 0.412 e. The summed E-state index contributed by atoms with van der Waals surface area (Å²) in [6.45, 7) is 8.37. The zero-order valence-corrected chi connectivity index (χ0v) is 35.1. The summed E-state index contributed by atoms with van der Waals surface area (Å²) >= 11 is 0. The Morgan fingerprint density at radius 2 is 1.80 bits per heavy atom. The molecule has 6 atom stereocenters. The summed E-state index contributed by atoms with van der Waals surface area (Å²) in [5.74, 6) is -2.18. The minimum Gasteiger partial charge on any atom is -0.459 e. The van der Waals surface area contributed by atoms with Gasteiger partial charge in [-0.25, -0.2) is 4.79 Å². The number of benzene rings is 2. The minimum absolute atomic E-state index is 0.00450. The number of nitro benzene ring substituents is 1. The van der Waals surface area contributed by atoms with Crippen LogP contribution in [-0.4, -0.2) is 114 Å². The zero-order chi connectivity index (χ0) is 43.8. The van der Waals surface area contributed by atoms with Crippen molar-refractivity contribution in [3.63, 3.8) is 0 Å². The Hall–Kier alpha value is -5.13. The fourth-order valence-electron chi connectivity index (χ4n) is 8.86. The van der Waals surface area contributed by atoms with Crippen LogP contribution in [0.15, 0.2) is 78.0 Å². The molecule has 332 valence electrons. The highest BCUT2D eigenvalue weighted by molar-refractivity contribution is 6.03. The van der Waals surface area contributed by atoms with Crippen LogP contribution in [0.3, 0.4) is 0 Å². The van der Waals surface area contributed by atoms with E-state index < -0.39 is 34.7 Å². The van der Waals surface area contributed by atoms with Gasteiger partial charge in [-0.2, -0.15) is 0 Å². The van der Waals surface area contributed by atoms with E-state index in [1.807, 2.05) is 13.0 Å². The van der Waals surface area contributed by atoms with Crippen LogP contribution in [0.25, 0.3) is 6.08 Å². The summed E-state index contributed by atoms with van der Waals surface area (Å²) in [7, 11) is 0.